The van der Waals surface area contributed by atoms with Gasteiger partial charge in [0.05, 0.1) is 30.3 Å². The Morgan fingerprint density at radius 2 is 1.60 bits per heavy atom. The topological polar surface area (TPSA) is 74.5 Å². The highest BCUT2D eigenvalue weighted by Crippen LogP contribution is 2.30. The van der Waals surface area contributed by atoms with E-state index in [4.69, 9.17) is 9.47 Å². The molecular formula is C23H29N3O4. The molecule has 0 radical (unpaired) electrons. The van der Waals surface area contributed by atoms with E-state index in [0.717, 1.165) is 16.6 Å². The van der Waals surface area contributed by atoms with Gasteiger partial charge in [-0.05, 0) is 57.5 Å². The zero-order chi connectivity index (χ0) is 21.7. The van der Waals surface area contributed by atoms with Gasteiger partial charge in [0, 0.05) is 6.54 Å². The van der Waals surface area contributed by atoms with Crippen LogP contribution in [-0.2, 0) is 17.9 Å². The van der Waals surface area contributed by atoms with Gasteiger partial charge in [0.25, 0.3) is 0 Å². The van der Waals surface area contributed by atoms with Crippen molar-refractivity contribution < 1.29 is 14.3 Å². The zero-order valence-electron chi connectivity index (χ0n) is 18.0. The third kappa shape index (κ3) is 4.35. The molecule has 0 aliphatic rings. The lowest BCUT2D eigenvalue weighted by molar-refractivity contribution is -0.122. The molecule has 0 aliphatic carbocycles. The predicted octanol–water partition coefficient (Wildman–Crippen LogP) is 3.50. The van der Waals surface area contributed by atoms with E-state index in [1.54, 1.807) is 4.57 Å². The second-order valence-corrected chi connectivity index (χ2v) is 6.96. The maximum atomic E-state index is 12.7. The number of imidazole rings is 1. The Labute approximate surface area is 176 Å². The SMILES string of the molecule is CCOc1ccc(C(C)NC(=O)Cn2c(=O)n(CC)c3ccccc32)cc1OCC. The minimum Gasteiger partial charge on any atom is -0.490 e. The van der Waals surface area contributed by atoms with E-state index >= 15 is 0 Å². The first-order chi connectivity index (χ1) is 14.5. The van der Waals surface area contributed by atoms with Gasteiger partial charge in [-0.2, -0.15) is 0 Å². The molecule has 2 aromatic carbocycles. The Bertz CT molecular complexity index is 1080. The second-order valence-electron chi connectivity index (χ2n) is 6.96. The quantitative estimate of drug-likeness (QED) is 0.585. The average Bonchev–Trinajstić information content (AvgIpc) is 3.00. The van der Waals surface area contributed by atoms with Crippen LogP contribution < -0.4 is 20.5 Å². The third-order valence-electron chi connectivity index (χ3n) is 4.99. The number of para-hydroxylation sites is 2. The van der Waals surface area contributed by atoms with Gasteiger partial charge in [-0.1, -0.05) is 18.2 Å². The van der Waals surface area contributed by atoms with Gasteiger partial charge < -0.3 is 14.8 Å². The van der Waals surface area contributed by atoms with Crippen molar-refractivity contribution in [2.75, 3.05) is 13.2 Å². The summed E-state index contributed by atoms with van der Waals surface area (Å²) < 4.78 is 14.5. The van der Waals surface area contributed by atoms with E-state index in [9.17, 15) is 9.59 Å². The Balaban J connectivity index is 1.79. The zero-order valence-corrected chi connectivity index (χ0v) is 18.0. The van der Waals surface area contributed by atoms with Crippen LogP contribution in [0.5, 0.6) is 11.5 Å². The number of ether oxygens (including phenoxy) is 2. The van der Waals surface area contributed by atoms with E-state index in [2.05, 4.69) is 5.32 Å². The number of carbonyl (C=O) groups excluding carboxylic acids is 1. The Kier molecular flexibility index (Phi) is 6.82. The summed E-state index contributed by atoms with van der Waals surface area (Å²) in [5.74, 6) is 1.11. The van der Waals surface area contributed by atoms with Gasteiger partial charge in [0.2, 0.25) is 5.91 Å². The van der Waals surface area contributed by atoms with Crippen molar-refractivity contribution >= 4 is 16.9 Å². The molecule has 1 atom stereocenters. The van der Waals surface area contributed by atoms with Crippen LogP contribution >= 0.6 is 0 Å². The highest BCUT2D eigenvalue weighted by Gasteiger charge is 2.17. The number of aryl methyl sites for hydroxylation is 1. The van der Waals surface area contributed by atoms with E-state index in [0.29, 0.717) is 31.3 Å². The summed E-state index contributed by atoms with van der Waals surface area (Å²) >= 11 is 0. The number of carbonyl (C=O) groups is 1. The molecule has 1 unspecified atom stereocenters. The molecule has 1 amide bonds. The van der Waals surface area contributed by atoms with Crippen molar-refractivity contribution in [2.24, 2.45) is 0 Å². The van der Waals surface area contributed by atoms with E-state index in [1.807, 2.05) is 70.2 Å². The lowest BCUT2D eigenvalue weighted by Gasteiger charge is -2.17. The number of amides is 1. The molecular weight excluding hydrogens is 382 g/mol. The number of benzene rings is 2. The maximum absolute atomic E-state index is 12.7. The first-order valence-corrected chi connectivity index (χ1v) is 10.4. The van der Waals surface area contributed by atoms with Crippen LogP contribution in [0.4, 0.5) is 0 Å². The summed E-state index contributed by atoms with van der Waals surface area (Å²) in [6.45, 7) is 9.24. The molecule has 1 N–H and O–H groups in total. The summed E-state index contributed by atoms with van der Waals surface area (Å²) in [5, 5.41) is 2.98. The summed E-state index contributed by atoms with van der Waals surface area (Å²) in [7, 11) is 0. The van der Waals surface area contributed by atoms with Crippen LogP contribution in [0, 0.1) is 0 Å². The van der Waals surface area contributed by atoms with Gasteiger partial charge >= 0.3 is 5.69 Å². The van der Waals surface area contributed by atoms with Gasteiger partial charge in [-0.15, -0.1) is 0 Å². The molecule has 0 bridgehead atoms. The third-order valence-corrected chi connectivity index (χ3v) is 4.99. The predicted molar refractivity (Wildman–Crippen MR) is 117 cm³/mol. The standard InChI is InChI=1S/C23H29N3O4/c1-5-25-18-10-8-9-11-19(18)26(23(25)28)15-22(27)24-16(4)17-12-13-20(29-6-2)21(14-17)30-7-3/h8-14,16H,5-7,15H2,1-4H3,(H,24,27). The Hall–Kier alpha value is -3.22. The van der Waals surface area contributed by atoms with Crippen LogP contribution in [0.1, 0.15) is 39.3 Å². The smallest absolute Gasteiger partial charge is 0.329 e. The van der Waals surface area contributed by atoms with Gasteiger partial charge in [0.1, 0.15) is 6.54 Å². The second kappa shape index (κ2) is 9.52. The van der Waals surface area contributed by atoms with Crippen molar-refractivity contribution in [1.82, 2.24) is 14.5 Å². The highest BCUT2D eigenvalue weighted by atomic mass is 16.5. The molecule has 0 saturated heterocycles. The Morgan fingerprint density at radius 3 is 2.23 bits per heavy atom. The Morgan fingerprint density at radius 1 is 0.967 bits per heavy atom. The number of fused-ring (bicyclic) bond motifs is 1. The molecule has 0 fully saturated rings. The van der Waals surface area contributed by atoms with Crippen molar-refractivity contribution in [2.45, 2.75) is 46.8 Å². The molecule has 0 spiro atoms. The first kappa shape index (κ1) is 21.5. The summed E-state index contributed by atoms with van der Waals surface area (Å²) in [6.07, 6.45) is 0. The number of aromatic nitrogens is 2. The fraction of sp³-hybridized carbons (Fsp3) is 0.391. The molecule has 3 aromatic rings. The summed E-state index contributed by atoms with van der Waals surface area (Å²) in [6, 6.07) is 12.9. The fourth-order valence-corrected chi connectivity index (χ4v) is 3.58. The molecule has 7 heteroatoms. The van der Waals surface area contributed by atoms with Crippen LogP contribution in [0.25, 0.3) is 11.0 Å². The van der Waals surface area contributed by atoms with Crippen LogP contribution in [0.3, 0.4) is 0 Å². The molecule has 0 saturated carbocycles. The summed E-state index contributed by atoms with van der Waals surface area (Å²) in [5.41, 5.74) is 2.31. The van der Waals surface area contributed by atoms with Gasteiger partial charge in [-0.25, -0.2) is 4.79 Å². The molecule has 30 heavy (non-hydrogen) atoms. The number of nitrogens with zero attached hydrogens (tertiary/aromatic N) is 2. The summed E-state index contributed by atoms with van der Waals surface area (Å²) in [4.78, 5) is 25.5. The molecule has 1 aromatic heterocycles. The van der Waals surface area contributed by atoms with Crippen LogP contribution in [0.15, 0.2) is 47.3 Å². The van der Waals surface area contributed by atoms with Crippen molar-refractivity contribution in [3.63, 3.8) is 0 Å². The number of hydrogen-bond donors (Lipinski definition) is 1. The molecule has 160 valence electrons. The monoisotopic (exact) mass is 411 g/mol. The molecule has 3 rings (SSSR count). The first-order valence-electron chi connectivity index (χ1n) is 10.4. The number of hydrogen-bond acceptors (Lipinski definition) is 4. The van der Waals surface area contributed by atoms with Crippen molar-refractivity contribution in [3.8, 4) is 11.5 Å². The largest absolute Gasteiger partial charge is 0.490 e. The van der Waals surface area contributed by atoms with Gasteiger partial charge in [-0.3, -0.25) is 13.9 Å². The number of nitrogens with one attached hydrogen (secondary N) is 1. The average molecular weight is 412 g/mol. The number of rotatable bonds is 9. The van der Waals surface area contributed by atoms with Gasteiger partial charge in [0.15, 0.2) is 11.5 Å². The maximum Gasteiger partial charge on any atom is 0.329 e. The minimum atomic E-state index is -0.248. The molecule has 1 heterocycles. The van der Waals surface area contributed by atoms with E-state index in [1.165, 1.54) is 4.57 Å². The molecule has 0 aliphatic heterocycles. The van der Waals surface area contributed by atoms with Crippen molar-refractivity contribution in [3.05, 3.63) is 58.5 Å². The van der Waals surface area contributed by atoms with Crippen molar-refractivity contribution in [1.29, 1.82) is 0 Å². The lowest BCUT2D eigenvalue weighted by atomic mass is 10.1. The molecule has 7 nitrogen and oxygen atoms in total. The highest BCUT2D eigenvalue weighted by molar-refractivity contribution is 5.81. The van der Waals surface area contributed by atoms with E-state index in [-0.39, 0.29) is 24.2 Å². The fourth-order valence-electron chi connectivity index (χ4n) is 3.58. The van der Waals surface area contributed by atoms with Crippen LogP contribution in [-0.4, -0.2) is 28.3 Å². The normalized spacial score (nSPS) is 12.0. The van der Waals surface area contributed by atoms with E-state index < -0.39 is 0 Å². The van der Waals surface area contributed by atoms with Crippen LogP contribution in [0.2, 0.25) is 0 Å². The minimum absolute atomic E-state index is 0.0357. The lowest BCUT2D eigenvalue weighted by Crippen LogP contribution is -2.34.